The molecule has 9 nitrogen and oxygen atoms in total. The van der Waals surface area contributed by atoms with Gasteiger partial charge < -0.3 is 14.7 Å². The van der Waals surface area contributed by atoms with Crippen LogP contribution < -0.4 is 9.88 Å². The maximum Gasteiger partial charge on any atom is 0.312 e. The second kappa shape index (κ2) is 7.49. The minimum absolute atomic E-state index is 0.116. The Balaban J connectivity index is 3.05. The molecule has 0 heterocycles. The molecular weight excluding hydrogens is 314 g/mol. The van der Waals surface area contributed by atoms with Crippen LogP contribution in [0.25, 0.3) is 0 Å². The Bertz CT molecular complexity index is 632. The first-order valence-electron chi connectivity index (χ1n) is 6.38. The number of nitrogens with two attached hydrogens (primary N) is 1. The van der Waals surface area contributed by atoms with E-state index < -0.39 is 26.7 Å². The average molecular weight is 333 g/mol. The van der Waals surface area contributed by atoms with Gasteiger partial charge in [0, 0.05) is 12.6 Å². The van der Waals surface area contributed by atoms with Crippen molar-refractivity contribution in [3.63, 3.8) is 0 Å². The van der Waals surface area contributed by atoms with Gasteiger partial charge in [-0.2, -0.15) is 0 Å². The summed E-state index contributed by atoms with van der Waals surface area (Å²) < 4.78 is 27.9. The van der Waals surface area contributed by atoms with Crippen LogP contribution >= 0.6 is 0 Å². The predicted octanol–water partition coefficient (Wildman–Crippen LogP) is -0.0664. The first kappa shape index (κ1) is 18.3. The number of nitro groups is 1. The number of rotatable bonds is 8. The fourth-order valence-corrected chi connectivity index (χ4v) is 2.22. The summed E-state index contributed by atoms with van der Waals surface area (Å²) in [5.74, 6) is -0.116. The van der Waals surface area contributed by atoms with Crippen LogP contribution in [-0.4, -0.2) is 56.7 Å². The van der Waals surface area contributed by atoms with E-state index in [1.807, 2.05) is 19.0 Å². The summed E-state index contributed by atoms with van der Waals surface area (Å²) in [6, 6.07) is 3.12. The maximum absolute atomic E-state index is 11.2. The first-order valence-corrected chi connectivity index (χ1v) is 7.93. The van der Waals surface area contributed by atoms with Crippen molar-refractivity contribution in [3.05, 3.63) is 28.3 Å². The van der Waals surface area contributed by atoms with Crippen LogP contribution in [0.4, 0.5) is 5.69 Å². The number of sulfonamides is 1. The van der Waals surface area contributed by atoms with E-state index in [9.17, 15) is 23.6 Å². The minimum atomic E-state index is -4.05. The third-order valence-corrected chi connectivity index (χ3v) is 3.76. The Labute approximate surface area is 128 Å². The number of ether oxygens (including phenoxy) is 1. The molecule has 0 radical (unpaired) electrons. The Hall–Kier alpha value is -1.75. The maximum atomic E-state index is 11.2. The van der Waals surface area contributed by atoms with Gasteiger partial charge in [0.25, 0.3) is 0 Å². The highest BCUT2D eigenvalue weighted by atomic mass is 32.2. The van der Waals surface area contributed by atoms with Gasteiger partial charge in [0.2, 0.25) is 10.0 Å². The van der Waals surface area contributed by atoms with Crippen LogP contribution in [0.2, 0.25) is 0 Å². The zero-order valence-corrected chi connectivity index (χ0v) is 13.1. The van der Waals surface area contributed by atoms with Crippen molar-refractivity contribution in [2.24, 2.45) is 5.14 Å². The largest absolute Gasteiger partial charge is 0.481 e. The normalized spacial score (nSPS) is 13.1. The zero-order chi connectivity index (χ0) is 16.9. The van der Waals surface area contributed by atoms with E-state index in [1.54, 1.807) is 0 Å². The molecule has 0 aliphatic heterocycles. The van der Waals surface area contributed by atoms with Gasteiger partial charge in [-0.15, -0.1) is 0 Å². The molecule has 1 aromatic carbocycles. The fourth-order valence-electron chi connectivity index (χ4n) is 1.69. The highest BCUT2D eigenvalue weighted by molar-refractivity contribution is 7.89. The number of primary sulfonamides is 1. The second-order valence-electron chi connectivity index (χ2n) is 4.95. The third kappa shape index (κ3) is 5.22. The predicted molar refractivity (Wildman–Crippen MR) is 79.1 cm³/mol. The Kier molecular flexibility index (Phi) is 6.23. The van der Waals surface area contributed by atoms with E-state index in [0.717, 1.165) is 18.2 Å². The molecular formula is C12H19N3O6S. The molecule has 1 aromatic rings. The van der Waals surface area contributed by atoms with Crippen LogP contribution in [0, 0.1) is 10.1 Å². The van der Waals surface area contributed by atoms with Gasteiger partial charge >= 0.3 is 5.69 Å². The van der Waals surface area contributed by atoms with Crippen molar-refractivity contribution in [1.82, 2.24) is 4.90 Å². The van der Waals surface area contributed by atoms with Crippen LogP contribution in [-0.2, 0) is 10.0 Å². The topological polar surface area (TPSA) is 136 Å². The summed E-state index contributed by atoms with van der Waals surface area (Å²) in [6.07, 6.45) is -0.182. The number of nitrogens with zero attached hydrogens (tertiary/aromatic N) is 2. The van der Waals surface area contributed by atoms with Crippen molar-refractivity contribution in [1.29, 1.82) is 0 Å². The number of benzene rings is 1. The lowest BCUT2D eigenvalue weighted by Crippen LogP contribution is -2.27. The summed E-state index contributed by atoms with van der Waals surface area (Å²) in [7, 11) is -0.357. The number of hydrogen-bond donors (Lipinski definition) is 2. The van der Waals surface area contributed by atoms with E-state index in [1.165, 1.54) is 0 Å². The molecule has 0 aromatic heterocycles. The zero-order valence-electron chi connectivity index (χ0n) is 12.3. The lowest BCUT2D eigenvalue weighted by atomic mass is 10.2. The van der Waals surface area contributed by atoms with Crippen LogP contribution in [0.1, 0.15) is 6.42 Å². The highest BCUT2D eigenvalue weighted by Crippen LogP contribution is 2.30. The summed E-state index contributed by atoms with van der Waals surface area (Å²) in [4.78, 5) is 11.8. The lowest BCUT2D eigenvalue weighted by molar-refractivity contribution is -0.386. The summed E-state index contributed by atoms with van der Waals surface area (Å²) >= 11 is 0. The van der Waals surface area contributed by atoms with Gasteiger partial charge in [-0.25, -0.2) is 13.6 Å². The lowest BCUT2D eigenvalue weighted by Gasteiger charge is -2.19. The molecule has 124 valence electrons. The number of aliphatic hydroxyl groups excluding tert-OH is 1. The van der Waals surface area contributed by atoms with Crippen molar-refractivity contribution in [2.45, 2.75) is 17.4 Å². The first-order chi connectivity index (χ1) is 10.1. The minimum Gasteiger partial charge on any atom is -0.481 e. The smallest absolute Gasteiger partial charge is 0.312 e. The number of nitro benzene ring substituents is 1. The molecule has 22 heavy (non-hydrogen) atoms. The fraction of sp³-hybridized carbons (Fsp3) is 0.500. The van der Waals surface area contributed by atoms with Crippen LogP contribution in [0.15, 0.2) is 23.1 Å². The van der Waals surface area contributed by atoms with E-state index in [-0.39, 0.29) is 17.3 Å². The highest BCUT2D eigenvalue weighted by Gasteiger charge is 2.22. The summed E-state index contributed by atoms with van der Waals surface area (Å²) in [5, 5.41) is 25.3. The molecule has 0 unspecified atom stereocenters. The van der Waals surface area contributed by atoms with Gasteiger partial charge in [-0.05, 0) is 32.6 Å². The molecule has 0 spiro atoms. The number of hydrogen-bond acceptors (Lipinski definition) is 7. The molecule has 0 saturated heterocycles. The van der Waals surface area contributed by atoms with Crippen molar-refractivity contribution < 1.29 is 23.2 Å². The van der Waals surface area contributed by atoms with Gasteiger partial charge in [-0.3, -0.25) is 10.1 Å². The average Bonchev–Trinajstić information content (AvgIpc) is 2.41. The van der Waals surface area contributed by atoms with E-state index in [0.29, 0.717) is 13.0 Å². The van der Waals surface area contributed by atoms with Crippen molar-refractivity contribution in [2.75, 3.05) is 27.2 Å². The molecule has 3 N–H and O–H groups in total. The van der Waals surface area contributed by atoms with E-state index in [2.05, 4.69) is 0 Å². The Morgan fingerprint density at radius 3 is 2.55 bits per heavy atom. The summed E-state index contributed by atoms with van der Waals surface area (Å²) in [6.45, 7) is 0.302. The van der Waals surface area contributed by atoms with Crippen LogP contribution in [0.5, 0.6) is 5.75 Å². The SMILES string of the molecule is CN(C)CC[C@H](CO)Oc1ccc(S(N)(=O)=O)cc1[N+](=O)[O-]. The molecule has 0 saturated carbocycles. The number of aliphatic hydroxyl groups is 1. The second-order valence-corrected chi connectivity index (χ2v) is 6.51. The quantitative estimate of drug-likeness (QED) is 0.502. The molecule has 0 fully saturated rings. The van der Waals surface area contributed by atoms with Gasteiger partial charge in [0.05, 0.1) is 16.4 Å². The monoisotopic (exact) mass is 333 g/mol. The molecule has 0 amide bonds. The van der Waals surface area contributed by atoms with E-state index >= 15 is 0 Å². The molecule has 0 bridgehead atoms. The van der Waals surface area contributed by atoms with Gasteiger partial charge in [0.15, 0.2) is 5.75 Å². The molecule has 10 heteroatoms. The third-order valence-electron chi connectivity index (χ3n) is 2.85. The standard InChI is InChI=1S/C12H19N3O6S/c1-14(2)6-5-9(8-16)21-12-4-3-10(22(13,19)20)7-11(12)15(17)18/h3-4,7,9,16H,5-6,8H2,1-2H3,(H2,13,19,20)/t9-/m1/s1. The van der Waals surface area contributed by atoms with Gasteiger partial charge in [0.1, 0.15) is 6.10 Å². The van der Waals surface area contributed by atoms with Gasteiger partial charge in [-0.1, -0.05) is 0 Å². The van der Waals surface area contributed by atoms with Crippen molar-refractivity contribution in [3.8, 4) is 5.75 Å². The van der Waals surface area contributed by atoms with Crippen LogP contribution in [0.3, 0.4) is 0 Å². The van der Waals surface area contributed by atoms with E-state index in [4.69, 9.17) is 9.88 Å². The molecule has 0 aliphatic rings. The Morgan fingerprint density at radius 2 is 2.09 bits per heavy atom. The van der Waals surface area contributed by atoms with Crippen molar-refractivity contribution >= 4 is 15.7 Å². The Morgan fingerprint density at radius 1 is 1.45 bits per heavy atom. The molecule has 1 atom stereocenters. The summed E-state index contributed by atoms with van der Waals surface area (Å²) in [5.41, 5.74) is -0.519. The molecule has 1 rings (SSSR count). The molecule has 0 aliphatic carbocycles.